The first-order chi connectivity index (χ1) is 12.6. The van der Waals surface area contributed by atoms with Crippen LogP contribution in [0.15, 0.2) is 36.4 Å². The molecule has 0 radical (unpaired) electrons. The standard InChI is InChI=1S/C20H19ClFNO3/c21-18-4-2-1-3-15(18)16-9-17(16)20(24)23-6-5-12-7-14(22)8-13-10-25-11-26-19(12)13/h1-4,7-8,16-17H,5-6,9-11H2,(H,23,24)/t16-,17+/m0/s1. The third-order valence-electron chi connectivity index (χ3n) is 4.88. The Kier molecular flexibility index (Phi) is 4.83. The van der Waals surface area contributed by atoms with Crippen molar-refractivity contribution in [3.63, 3.8) is 0 Å². The highest BCUT2D eigenvalue weighted by Crippen LogP contribution is 2.49. The first-order valence-electron chi connectivity index (χ1n) is 8.67. The van der Waals surface area contributed by atoms with E-state index in [1.807, 2.05) is 24.3 Å². The number of hydrogen-bond donors (Lipinski definition) is 1. The lowest BCUT2D eigenvalue weighted by Gasteiger charge is -2.21. The fraction of sp³-hybridized carbons (Fsp3) is 0.350. The zero-order valence-electron chi connectivity index (χ0n) is 14.1. The van der Waals surface area contributed by atoms with E-state index < -0.39 is 0 Å². The Morgan fingerprint density at radius 1 is 1.31 bits per heavy atom. The highest BCUT2D eigenvalue weighted by atomic mass is 35.5. The summed E-state index contributed by atoms with van der Waals surface area (Å²) in [7, 11) is 0. The first-order valence-corrected chi connectivity index (χ1v) is 9.05. The predicted octanol–water partition coefficient (Wildman–Crippen LogP) is 3.81. The van der Waals surface area contributed by atoms with Crippen molar-refractivity contribution in [3.8, 4) is 5.75 Å². The Balaban J connectivity index is 1.34. The van der Waals surface area contributed by atoms with Crippen molar-refractivity contribution in [2.75, 3.05) is 13.3 Å². The maximum absolute atomic E-state index is 13.7. The molecule has 2 aromatic rings. The molecule has 1 heterocycles. The maximum atomic E-state index is 13.7. The zero-order chi connectivity index (χ0) is 18.1. The molecule has 1 saturated carbocycles. The van der Waals surface area contributed by atoms with Gasteiger partial charge in [0.05, 0.1) is 6.61 Å². The second kappa shape index (κ2) is 7.25. The molecule has 6 heteroatoms. The van der Waals surface area contributed by atoms with Crippen molar-refractivity contribution in [1.29, 1.82) is 0 Å². The van der Waals surface area contributed by atoms with Gasteiger partial charge in [-0.05, 0) is 48.1 Å². The van der Waals surface area contributed by atoms with E-state index in [0.29, 0.717) is 35.9 Å². The van der Waals surface area contributed by atoms with E-state index in [4.69, 9.17) is 21.1 Å². The van der Waals surface area contributed by atoms with Gasteiger partial charge in [0.1, 0.15) is 11.6 Å². The van der Waals surface area contributed by atoms with Crippen LogP contribution in [0.1, 0.15) is 29.0 Å². The molecule has 1 N–H and O–H groups in total. The Bertz CT molecular complexity index is 842. The van der Waals surface area contributed by atoms with Crippen LogP contribution < -0.4 is 10.1 Å². The molecule has 0 unspecified atom stereocenters. The Labute approximate surface area is 156 Å². The minimum absolute atomic E-state index is 0.0180. The van der Waals surface area contributed by atoms with Crippen LogP contribution in [0.4, 0.5) is 4.39 Å². The first kappa shape index (κ1) is 17.3. The summed E-state index contributed by atoms with van der Waals surface area (Å²) in [6, 6.07) is 10.5. The maximum Gasteiger partial charge on any atom is 0.223 e. The summed E-state index contributed by atoms with van der Waals surface area (Å²) in [4.78, 5) is 12.4. The van der Waals surface area contributed by atoms with Crippen LogP contribution in [-0.2, 0) is 22.6 Å². The molecule has 136 valence electrons. The lowest BCUT2D eigenvalue weighted by molar-refractivity contribution is -0.122. The van der Waals surface area contributed by atoms with Gasteiger partial charge in [-0.15, -0.1) is 0 Å². The monoisotopic (exact) mass is 375 g/mol. The van der Waals surface area contributed by atoms with Crippen molar-refractivity contribution in [2.45, 2.75) is 25.4 Å². The summed E-state index contributed by atoms with van der Waals surface area (Å²) < 4.78 is 24.4. The molecule has 0 saturated heterocycles. The highest BCUT2D eigenvalue weighted by Gasteiger charge is 2.44. The summed E-state index contributed by atoms with van der Waals surface area (Å²) in [5.41, 5.74) is 2.49. The summed E-state index contributed by atoms with van der Waals surface area (Å²) in [6.45, 7) is 0.943. The number of amides is 1. The summed E-state index contributed by atoms with van der Waals surface area (Å²) in [5, 5.41) is 3.65. The molecule has 1 amide bonds. The van der Waals surface area contributed by atoms with Crippen LogP contribution in [0.3, 0.4) is 0 Å². The number of carbonyl (C=O) groups is 1. The number of nitrogens with one attached hydrogen (secondary N) is 1. The van der Waals surface area contributed by atoms with Gasteiger partial charge >= 0.3 is 0 Å². The number of benzene rings is 2. The fourth-order valence-corrected chi connectivity index (χ4v) is 3.77. The average Bonchev–Trinajstić information content (AvgIpc) is 3.42. The van der Waals surface area contributed by atoms with Gasteiger partial charge in [0.2, 0.25) is 5.91 Å². The lowest BCUT2D eigenvalue weighted by Crippen LogP contribution is -2.28. The third kappa shape index (κ3) is 3.55. The predicted molar refractivity (Wildman–Crippen MR) is 95.7 cm³/mol. The normalized spacial score (nSPS) is 20.8. The largest absolute Gasteiger partial charge is 0.467 e. The van der Waals surface area contributed by atoms with Gasteiger partial charge in [-0.25, -0.2) is 4.39 Å². The molecule has 0 bridgehead atoms. The third-order valence-corrected chi connectivity index (χ3v) is 5.22. The van der Waals surface area contributed by atoms with Crippen LogP contribution >= 0.6 is 11.6 Å². The van der Waals surface area contributed by atoms with E-state index in [9.17, 15) is 9.18 Å². The Morgan fingerprint density at radius 3 is 3.00 bits per heavy atom. The molecule has 2 atom stereocenters. The van der Waals surface area contributed by atoms with E-state index in [1.54, 1.807) is 0 Å². The second-order valence-electron chi connectivity index (χ2n) is 6.68. The fourth-order valence-electron chi connectivity index (χ4n) is 3.50. The number of carbonyl (C=O) groups excluding carboxylic acids is 1. The minimum Gasteiger partial charge on any atom is -0.467 e. The molecule has 2 aromatic carbocycles. The topological polar surface area (TPSA) is 47.6 Å². The molecule has 1 aliphatic carbocycles. The molecule has 0 spiro atoms. The van der Waals surface area contributed by atoms with Crippen molar-refractivity contribution >= 4 is 17.5 Å². The van der Waals surface area contributed by atoms with Gasteiger partial charge in [-0.3, -0.25) is 4.79 Å². The Morgan fingerprint density at radius 2 is 2.15 bits per heavy atom. The van der Waals surface area contributed by atoms with Crippen LogP contribution in [-0.4, -0.2) is 19.2 Å². The number of ether oxygens (including phenoxy) is 2. The van der Waals surface area contributed by atoms with E-state index in [2.05, 4.69) is 5.32 Å². The molecule has 2 aliphatic rings. The van der Waals surface area contributed by atoms with Gasteiger partial charge in [0.15, 0.2) is 6.79 Å². The Hall–Kier alpha value is -2.11. The lowest BCUT2D eigenvalue weighted by atomic mass is 10.1. The highest BCUT2D eigenvalue weighted by molar-refractivity contribution is 6.31. The number of fused-ring (bicyclic) bond motifs is 1. The molecule has 26 heavy (non-hydrogen) atoms. The second-order valence-corrected chi connectivity index (χ2v) is 7.08. The van der Waals surface area contributed by atoms with Gasteiger partial charge in [0, 0.05) is 23.0 Å². The van der Waals surface area contributed by atoms with Crippen LogP contribution in [0.25, 0.3) is 0 Å². The molecule has 1 fully saturated rings. The van der Waals surface area contributed by atoms with E-state index in [0.717, 1.165) is 17.5 Å². The summed E-state index contributed by atoms with van der Waals surface area (Å²) in [6.07, 6.45) is 1.32. The number of hydrogen-bond acceptors (Lipinski definition) is 3. The van der Waals surface area contributed by atoms with Crippen molar-refractivity contribution in [3.05, 3.63) is 63.9 Å². The molecular weight excluding hydrogens is 357 g/mol. The van der Waals surface area contributed by atoms with Gasteiger partial charge < -0.3 is 14.8 Å². The van der Waals surface area contributed by atoms with E-state index >= 15 is 0 Å². The van der Waals surface area contributed by atoms with Crippen LogP contribution in [0.5, 0.6) is 5.75 Å². The minimum atomic E-state index is -0.319. The van der Waals surface area contributed by atoms with Crippen molar-refractivity contribution < 1.29 is 18.7 Å². The van der Waals surface area contributed by atoms with E-state index in [1.165, 1.54) is 12.1 Å². The van der Waals surface area contributed by atoms with Crippen LogP contribution in [0, 0.1) is 11.7 Å². The number of halogens is 2. The SMILES string of the molecule is O=C(NCCc1cc(F)cc2c1OCOC2)[C@@H]1C[C@H]1c1ccccc1Cl. The molecule has 0 aromatic heterocycles. The molecule has 1 aliphatic heterocycles. The molecular formula is C20H19ClFNO3. The van der Waals surface area contributed by atoms with Crippen molar-refractivity contribution in [1.82, 2.24) is 5.32 Å². The quantitative estimate of drug-likeness (QED) is 0.864. The average molecular weight is 376 g/mol. The summed E-state index contributed by atoms with van der Waals surface area (Å²) >= 11 is 6.20. The number of rotatable bonds is 5. The summed E-state index contributed by atoms with van der Waals surface area (Å²) in [5.74, 6) is 0.518. The zero-order valence-corrected chi connectivity index (χ0v) is 14.9. The van der Waals surface area contributed by atoms with E-state index in [-0.39, 0.29) is 30.4 Å². The smallest absolute Gasteiger partial charge is 0.223 e. The van der Waals surface area contributed by atoms with Crippen LogP contribution in [0.2, 0.25) is 5.02 Å². The van der Waals surface area contributed by atoms with Gasteiger partial charge in [-0.2, -0.15) is 0 Å². The molecule has 4 nitrogen and oxygen atoms in total. The van der Waals surface area contributed by atoms with Crippen molar-refractivity contribution in [2.24, 2.45) is 5.92 Å². The molecule has 4 rings (SSSR count). The van der Waals surface area contributed by atoms with Gasteiger partial charge in [0.25, 0.3) is 0 Å². The van der Waals surface area contributed by atoms with Gasteiger partial charge in [-0.1, -0.05) is 29.8 Å².